The number of rotatable bonds is 4. The standard InChI is InChI=1S/C21H26BFO2/c1-6-7-15-8-10-16(11-9-15)17-12-13-18(19(23)14-17)22-24-20(2,3)21(4,5)25-22/h8-14H,6-7H2,1-5H3. The number of aryl methyl sites for hydroxylation is 1. The first kappa shape index (κ1) is 18.2. The van der Waals surface area contributed by atoms with Crippen molar-refractivity contribution in [2.45, 2.75) is 58.7 Å². The quantitative estimate of drug-likeness (QED) is 0.748. The Bertz CT molecular complexity index is 737. The van der Waals surface area contributed by atoms with E-state index < -0.39 is 18.3 Å². The summed E-state index contributed by atoms with van der Waals surface area (Å²) in [4.78, 5) is 0. The first-order valence-corrected chi connectivity index (χ1v) is 8.98. The Balaban J connectivity index is 1.84. The Morgan fingerprint density at radius 3 is 1.96 bits per heavy atom. The lowest BCUT2D eigenvalue weighted by Gasteiger charge is -2.32. The fraction of sp³-hybridized carbons (Fsp3) is 0.429. The molecule has 2 aromatic rings. The SMILES string of the molecule is CCCc1ccc(-c2ccc(B3OC(C)(C)C(C)(C)O3)c(F)c2)cc1. The van der Waals surface area contributed by atoms with Gasteiger partial charge in [0.1, 0.15) is 5.82 Å². The lowest BCUT2D eigenvalue weighted by Crippen LogP contribution is -2.41. The van der Waals surface area contributed by atoms with Crippen LogP contribution in [0.3, 0.4) is 0 Å². The molecule has 1 saturated heterocycles. The lowest BCUT2D eigenvalue weighted by atomic mass is 9.78. The van der Waals surface area contributed by atoms with Gasteiger partial charge in [-0.1, -0.05) is 49.7 Å². The van der Waals surface area contributed by atoms with Gasteiger partial charge in [-0.2, -0.15) is 0 Å². The number of benzene rings is 2. The topological polar surface area (TPSA) is 18.5 Å². The number of halogens is 1. The first-order valence-electron chi connectivity index (χ1n) is 8.98. The summed E-state index contributed by atoms with van der Waals surface area (Å²) in [6, 6.07) is 13.6. The van der Waals surface area contributed by atoms with Crippen molar-refractivity contribution < 1.29 is 13.7 Å². The van der Waals surface area contributed by atoms with Crippen LogP contribution in [0.1, 0.15) is 46.6 Å². The van der Waals surface area contributed by atoms with Gasteiger partial charge in [-0.3, -0.25) is 0 Å². The van der Waals surface area contributed by atoms with E-state index in [0.29, 0.717) is 5.46 Å². The molecule has 132 valence electrons. The van der Waals surface area contributed by atoms with Gasteiger partial charge in [0, 0.05) is 5.46 Å². The van der Waals surface area contributed by atoms with E-state index >= 15 is 0 Å². The zero-order chi connectivity index (χ0) is 18.2. The summed E-state index contributed by atoms with van der Waals surface area (Å²) >= 11 is 0. The van der Waals surface area contributed by atoms with E-state index in [1.165, 1.54) is 5.56 Å². The van der Waals surface area contributed by atoms with E-state index in [1.807, 2.05) is 45.9 Å². The van der Waals surface area contributed by atoms with Crippen LogP contribution in [0.4, 0.5) is 4.39 Å². The molecule has 1 fully saturated rings. The minimum absolute atomic E-state index is 0.298. The first-order chi connectivity index (χ1) is 11.7. The van der Waals surface area contributed by atoms with Crippen LogP contribution in [-0.2, 0) is 15.7 Å². The molecule has 4 heteroatoms. The highest BCUT2D eigenvalue weighted by Crippen LogP contribution is 2.36. The highest BCUT2D eigenvalue weighted by Gasteiger charge is 2.52. The van der Waals surface area contributed by atoms with Gasteiger partial charge >= 0.3 is 7.12 Å². The monoisotopic (exact) mass is 340 g/mol. The molecule has 2 aromatic carbocycles. The van der Waals surface area contributed by atoms with Crippen molar-refractivity contribution in [2.75, 3.05) is 0 Å². The molecule has 1 aliphatic rings. The van der Waals surface area contributed by atoms with E-state index in [1.54, 1.807) is 12.1 Å². The number of hydrogen-bond acceptors (Lipinski definition) is 2. The maximum absolute atomic E-state index is 14.7. The molecule has 2 nitrogen and oxygen atoms in total. The van der Waals surface area contributed by atoms with Gasteiger partial charge in [-0.25, -0.2) is 4.39 Å². The summed E-state index contributed by atoms with van der Waals surface area (Å²) in [5.74, 6) is -0.298. The third-order valence-corrected chi connectivity index (χ3v) is 5.33. The molecule has 3 rings (SSSR count). The predicted octanol–water partition coefficient (Wildman–Crippen LogP) is 4.74. The molecule has 0 aromatic heterocycles. The van der Waals surface area contributed by atoms with Crippen LogP contribution in [-0.4, -0.2) is 18.3 Å². The van der Waals surface area contributed by atoms with E-state index in [-0.39, 0.29) is 5.82 Å². The predicted molar refractivity (Wildman–Crippen MR) is 102 cm³/mol. The van der Waals surface area contributed by atoms with Crippen molar-refractivity contribution in [3.63, 3.8) is 0 Å². The van der Waals surface area contributed by atoms with Crippen LogP contribution in [0.5, 0.6) is 0 Å². The Labute approximate surface area is 150 Å². The van der Waals surface area contributed by atoms with Crippen molar-refractivity contribution in [1.82, 2.24) is 0 Å². The van der Waals surface area contributed by atoms with Crippen LogP contribution in [0, 0.1) is 5.82 Å². The molecular weight excluding hydrogens is 314 g/mol. The average Bonchev–Trinajstić information content (AvgIpc) is 2.76. The molecule has 0 radical (unpaired) electrons. The molecule has 0 saturated carbocycles. The molecule has 0 N–H and O–H groups in total. The normalized spacial score (nSPS) is 18.6. The fourth-order valence-electron chi connectivity index (χ4n) is 3.02. The average molecular weight is 340 g/mol. The molecule has 25 heavy (non-hydrogen) atoms. The smallest absolute Gasteiger partial charge is 0.399 e. The summed E-state index contributed by atoms with van der Waals surface area (Å²) in [5.41, 5.74) is 2.68. The zero-order valence-electron chi connectivity index (χ0n) is 15.7. The maximum atomic E-state index is 14.7. The second-order valence-corrected chi connectivity index (χ2v) is 7.77. The molecule has 1 heterocycles. The Morgan fingerprint density at radius 2 is 1.44 bits per heavy atom. The summed E-state index contributed by atoms with van der Waals surface area (Å²) in [6.45, 7) is 10.0. The number of hydrogen-bond donors (Lipinski definition) is 0. The van der Waals surface area contributed by atoms with Crippen molar-refractivity contribution in [1.29, 1.82) is 0 Å². The van der Waals surface area contributed by atoms with Gasteiger partial charge in [-0.15, -0.1) is 0 Å². The van der Waals surface area contributed by atoms with E-state index in [4.69, 9.17) is 9.31 Å². The molecule has 0 bridgehead atoms. The van der Waals surface area contributed by atoms with E-state index in [2.05, 4.69) is 19.1 Å². The summed E-state index contributed by atoms with van der Waals surface area (Å²) < 4.78 is 26.6. The Kier molecular flexibility index (Phi) is 4.78. The molecule has 0 amide bonds. The zero-order valence-corrected chi connectivity index (χ0v) is 15.7. The minimum Gasteiger partial charge on any atom is -0.399 e. The van der Waals surface area contributed by atoms with Crippen molar-refractivity contribution in [3.8, 4) is 11.1 Å². The van der Waals surface area contributed by atoms with Crippen LogP contribution in [0.2, 0.25) is 0 Å². The lowest BCUT2D eigenvalue weighted by molar-refractivity contribution is 0.00578. The molecule has 1 aliphatic heterocycles. The third-order valence-electron chi connectivity index (χ3n) is 5.33. The Hall–Kier alpha value is -1.65. The van der Waals surface area contributed by atoms with Crippen LogP contribution in [0.15, 0.2) is 42.5 Å². The minimum atomic E-state index is -0.675. The van der Waals surface area contributed by atoms with Gasteiger partial charge in [0.2, 0.25) is 0 Å². The highest BCUT2D eigenvalue weighted by molar-refractivity contribution is 6.62. The largest absolute Gasteiger partial charge is 0.497 e. The van der Waals surface area contributed by atoms with Gasteiger partial charge in [-0.05, 0) is 56.9 Å². The van der Waals surface area contributed by atoms with E-state index in [9.17, 15) is 4.39 Å². The van der Waals surface area contributed by atoms with Crippen LogP contribution >= 0.6 is 0 Å². The van der Waals surface area contributed by atoms with Crippen molar-refractivity contribution in [3.05, 3.63) is 53.8 Å². The molecule has 0 atom stereocenters. The molecule has 0 unspecified atom stereocenters. The maximum Gasteiger partial charge on any atom is 0.497 e. The summed E-state index contributed by atoms with van der Waals surface area (Å²) in [7, 11) is -0.675. The molecular formula is C21H26BFO2. The second kappa shape index (κ2) is 6.58. The fourth-order valence-corrected chi connectivity index (χ4v) is 3.02. The van der Waals surface area contributed by atoms with Crippen LogP contribution < -0.4 is 5.46 Å². The molecule has 0 spiro atoms. The van der Waals surface area contributed by atoms with Crippen LogP contribution in [0.25, 0.3) is 11.1 Å². The summed E-state index contributed by atoms with van der Waals surface area (Å²) in [6.07, 6.45) is 2.19. The van der Waals surface area contributed by atoms with E-state index in [0.717, 1.165) is 24.0 Å². The van der Waals surface area contributed by atoms with Crippen molar-refractivity contribution in [2.24, 2.45) is 0 Å². The Morgan fingerprint density at radius 1 is 0.880 bits per heavy atom. The van der Waals surface area contributed by atoms with Gasteiger partial charge in [0.25, 0.3) is 0 Å². The molecule has 0 aliphatic carbocycles. The van der Waals surface area contributed by atoms with Gasteiger partial charge in [0.05, 0.1) is 11.2 Å². The van der Waals surface area contributed by atoms with Crippen molar-refractivity contribution >= 4 is 12.6 Å². The third kappa shape index (κ3) is 3.51. The second-order valence-electron chi connectivity index (χ2n) is 7.77. The summed E-state index contributed by atoms with van der Waals surface area (Å²) in [5, 5.41) is 0. The van der Waals surface area contributed by atoms with Gasteiger partial charge < -0.3 is 9.31 Å². The van der Waals surface area contributed by atoms with Gasteiger partial charge in [0.15, 0.2) is 0 Å². The highest BCUT2D eigenvalue weighted by atomic mass is 19.1.